The van der Waals surface area contributed by atoms with Gasteiger partial charge in [-0.25, -0.2) is 0 Å². The standard InChI is InChI=1S/C15H29N3O/c1-12(8-14-11-19-7-5-16-14)17-9-13-4-6-18(10-13)15-2-3-15/h12-17H,2-11H2,1H3. The number of hydrogen-bond donors (Lipinski definition) is 2. The highest BCUT2D eigenvalue weighted by Crippen LogP contribution is 2.31. The number of morpholine rings is 1. The highest BCUT2D eigenvalue weighted by Gasteiger charge is 2.34. The van der Waals surface area contributed by atoms with Gasteiger partial charge in [-0.05, 0) is 51.6 Å². The minimum absolute atomic E-state index is 0.544. The molecular formula is C15H29N3O. The van der Waals surface area contributed by atoms with Crippen LogP contribution < -0.4 is 10.6 Å². The molecular weight excluding hydrogens is 238 g/mol. The summed E-state index contributed by atoms with van der Waals surface area (Å²) >= 11 is 0. The maximum Gasteiger partial charge on any atom is 0.0620 e. The van der Waals surface area contributed by atoms with Gasteiger partial charge in [0.2, 0.25) is 0 Å². The van der Waals surface area contributed by atoms with Crippen LogP contribution in [-0.2, 0) is 4.74 Å². The molecule has 4 heteroatoms. The highest BCUT2D eigenvalue weighted by molar-refractivity contribution is 4.90. The zero-order valence-electron chi connectivity index (χ0n) is 12.2. The summed E-state index contributed by atoms with van der Waals surface area (Å²) in [7, 11) is 0. The molecule has 0 radical (unpaired) electrons. The molecule has 3 rings (SSSR count). The summed E-state index contributed by atoms with van der Waals surface area (Å²) in [6.07, 6.45) is 5.47. The van der Waals surface area contributed by atoms with Gasteiger partial charge >= 0.3 is 0 Å². The van der Waals surface area contributed by atoms with Crippen LogP contribution in [0.1, 0.15) is 32.6 Å². The maximum absolute atomic E-state index is 5.51. The fraction of sp³-hybridized carbons (Fsp3) is 1.00. The van der Waals surface area contributed by atoms with E-state index in [9.17, 15) is 0 Å². The summed E-state index contributed by atoms with van der Waals surface area (Å²) in [5.74, 6) is 0.874. The summed E-state index contributed by atoms with van der Waals surface area (Å²) in [6.45, 7) is 8.93. The van der Waals surface area contributed by atoms with E-state index in [1.807, 2.05) is 0 Å². The number of hydrogen-bond acceptors (Lipinski definition) is 4. The van der Waals surface area contributed by atoms with Gasteiger partial charge in [-0.2, -0.15) is 0 Å². The first-order chi connectivity index (χ1) is 9.31. The fourth-order valence-corrected chi connectivity index (χ4v) is 3.45. The molecule has 19 heavy (non-hydrogen) atoms. The van der Waals surface area contributed by atoms with Gasteiger partial charge < -0.3 is 20.3 Å². The predicted molar refractivity (Wildman–Crippen MR) is 77.4 cm³/mol. The Morgan fingerprint density at radius 3 is 3.00 bits per heavy atom. The lowest BCUT2D eigenvalue weighted by atomic mass is 10.1. The van der Waals surface area contributed by atoms with Crippen LogP contribution in [0.2, 0.25) is 0 Å². The Morgan fingerprint density at radius 1 is 1.37 bits per heavy atom. The molecule has 0 bridgehead atoms. The largest absolute Gasteiger partial charge is 0.379 e. The zero-order valence-corrected chi connectivity index (χ0v) is 12.2. The number of ether oxygens (including phenoxy) is 1. The van der Waals surface area contributed by atoms with Crippen LogP contribution in [-0.4, -0.2) is 62.4 Å². The average molecular weight is 267 g/mol. The van der Waals surface area contributed by atoms with E-state index in [0.717, 1.165) is 31.7 Å². The lowest BCUT2D eigenvalue weighted by Gasteiger charge is -2.27. The third kappa shape index (κ3) is 4.15. The molecule has 2 saturated heterocycles. The van der Waals surface area contributed by atoms with Crippen LogP contribution in [0.4, 0.5) is 0 Å². The van der Waals surface area contributed by atoms with Gasteiger partial charge in [0.05, 0.1) is 13.2 Å². The molecule has 0 aromatic rings. The van der Waals surface area contributed by atoms with E-state index in [0.29, 0.717) is 12.1 Å². The Morgan fingerprint density at radius 2 is 2.26 bits per heavy atom. The number of nitrogens with zero attached hydrogens (tertiary/aromatic N) is 1. The van der Waals surface area contributed by atoms with Crippen molar-refractivity contribution in [1.29, 1.82) is 0 Å². The monoisotopic (exact) mass is 267 g/mol. The van der Waals surface area contributed by atoms with Crippen molar-refractivity contribution in [3.05, 3.63) is 0 Å². The summed E-state index contributed by atoms with van der Waals surface area (Å²) in [5, 5.41) is 7.26. The quantitative estimate of drug-likeness (QED) is 0.747. The van der Waals surface area contributed by atoms with E-state index in [4.69, 9.17) is 4.74 Å². The van der Waals surface area contributed by atoms with Crippen molar-refractivity contribution in [3.8, 4) is 0 Å². The minimum atomic E-state index is 0.544. The molecule has 1 saturated carbocycles. The van der Waals surface area contributed by atoms with Crippen molar-refractivity contribution >= 4 is 0 Å². The fourth-order valence-electron chi connectivity index (χ4n) is 3.45. The Bertz CT molecular complexity index is 277. The van der Waals surface area contributed by atoms with Gasteiger partial charge in [-0.15, -0.1) is 0 Å². The third-order valence-electron chi connectivity index (χ3n) is 4.77. The summed E-state index contributed by atoms with van der Waals surface area (Å²) in [4.78, 5) is 2.70. The summed E-state index contributed by atoms with van der Waals surface area (Å²) in [6, 6.07) is 2.09. The molecule has 2 N–H and O–H groups in total. The van der Waals surface area contributed by atoms with Crippen LogP contribution in [0.3, 0.4) is 0 Å². The van der Waals surface area contributed by atoms with Gasteiger partial charge in [0.15, 0.2) is 0 Å². The van der Waals surface area contributed by atoms with Crippen LogP contribution in [0.5, 0.6) is 0 Å². The van der Waals surface area contributed by atoms with E-state index in [2.05, 4.69) is 22.5 Å². The summed E-state index contributed by atoms with van der Waals surface area (Å²) in [5.41, 5.74) is 0. The van der Waals surface area contributed by atoms with Crippen molar-refractivity contribution in [2.75, 3.05) is 39.4 Å². The molecule has 2 heterocycles. The molecule has 0 amide bonds. The predicted octanol–water partition coefficient (Wildman–Crippen LogP) is 0.827. The van der Waals surface area contributed by atoms with E-state index in [-0.39, 0.29) is 0 Å². The van der Waals surface area contributed by atoms with Crippen LogP contribution in [0.25, 0.3) is 0 Å². The molecule has 1 aliphatic carbocycles. The van der Waals surface area contributed by atoms with Crippen molar-refractivity contribution < 1.29 is 4.74 Å². The van der Waals surface area contributed by atoms with Gasteiger partial charge in [0.25, 0.3) is 0 Å². The van der Waals surface area contributed by atoms with Crippen molar-refractivity contribution in [2.45, 2.75) is 50.7 Å². The van der Waals surface area contributed by atoms with Gasteiger partial charge in [-0.3, -0.25) is 0 Å². The second-order valence-corrected chi connectivity index (χ2v) is 6.65. The average Bonchev–Trinajstić information content (AvgIpc) is 3.17. The molecule has 0 aromatic carbocycles. The SMILES string of the molecule is CC(CC1COCCN1)NCC1CCN(C2CC2)C1. The zero-order chi connectivity index (χ0) is 13.1. The lowest BCUT2D eigenvalue weighted by molar-refractivity contribution is 0.0711. The second kappa shape index (κ2) is 6.53. The Balaban J connectivity index is 1.30. The molecule has 2 aliphatic heterocycles. The first-order valence-electron chi connectivity index (χ1n) is 8.10. The molecule has 3 aliphatic rings. The van der Waals surface area contributed by atoms with Gasteiger partial charge in [0, 0.05) is 31.2 Å². The number of rotatable bonds is 6. The van der Waals surface area contributed by atoms with Gasteiger partial charge in [0.1, 0.15) is 0 Å². The second-order valence-electron chi connectivity index (χ2n) is 6.65. The van der Waals surface area contributed by atoms with Crippen molar-refractivity contribution in [3.63, 3.8) is 0 Å². The molecule has 3 fully saturated rings. The molecule has 0 spiro atoms. The topological polar surface area (TPSA) is 36.5 Å². The number of nitrogens with one attached hydrogen (secondary N) is 2. The maximum atomic E-state index is 5.51. The van der Waals surface area contributed by atoms with Crippen LogP contribution >= 0.6 is 0 Å². The van der Waals surface area contributed by atoms with Crippen molar-refractivity contribution in [1.82, 2.24) is 15.5 Å². The van der Waals surface area contributed by atoms with Crippen molar-refractivity contribution in [2.24, 2.45) is 5.92 Å². The first-order valence-corrected chi connectivity index (χ1v) is 8.10. The van der Waals surface area contributed by atoms with Crippen LogP contribution in [0, 0.1) is 5.92 Å². The molecule has 110 valence electrons. The van der Waals surface area contributed by atoms with E-state index in [1.165, 1.54) is 45.3 Å². The highest BCUT2D eigenvalue weighted by atomic mass is 16.5. The van der Waals surface area contributed by atoms with Gasteiger partial charge in [-0.1, -0.05) is 0 Å². The minimum Gasteiger partial charge on any atom is -0.379 e. The van der Waals surface area contributed by atoms with E-state index >= 15 is 0 Å². The Kier molecular flexibility index (Phi) is 4.74. The third-order valence-corrected chi connectivity index (χ3v) is 4.77. The Hall–Kier alpha value is -0.160. The molecule has 3 unspecified atom stereocenters. The van der Waals surface area contributed by atoms with E-state index in [1.54, 1.807) is 0 Å². The summed E-state index contributed by atoms with van der Waals surface area (Å²) < 4.78 is 5.51. The Labute approximate surface area is 117 Å². The molecule has 3 atom stereocenters. The smallest absolute Gasteiger partial charge is 0.0620 e. The van der Waals surface area contributed by atoms with E-state index < -0.39 is 0 Å². The molecule has 4 nitrogen and oxygen atoms in total. The first kappa shape index (κ1) is 13.8. The normalized spacial score (nSPS) is 34.6. The lowest BCUT2D eigenvalue weighted by Crippen LogP contribution is -2.45. The van der Waals surface area contributed by atoms with Crippen LogP contribution in [0.15, 0.2) is 0 Å². The molecule has 0 aromatic heterocycles. The number of likely N-dealkylation sites (tertiary alicyclic amines) is 1.